The van der Waals surface area contributed by atoms with E-state index in [4.69, 9.17) is 27.6 Å². The van der Waals surface area contributed by atoms with E-state index in [-0.39, 0.29) is 17.2 Å². The Bertz CT molecular complexity index is 945. The van der Waals surface area contributed by atoms with E-state index in [1.165, 1.54) is 30.3 Å². The second-order valence-corrected chi connectivity index (χ2v) is 5.80. The van der Waals surface area contributed by atoms with Gasteiger partial charge in [-0.05, 0) is 31.2 Å². The van der Waals surface area contributed by atoms with Crippen molar-refractivity contribution in [3.8, 4) is 0 Å². The summed E-state index contributed by atoms with van der Waals surface area (Å²) >= 11 is 12.1. The number of rotatable bonds is 3. The topological polar surface area (TPSA) is 73.3 Å². The van der Waals surface area contributed by atoms with Crippen molar-refractivity contribution in [1.29, 1.82) is 0 Å². The minimum Gasteiger partial charge on any atom is -0.451 e. The molecule has 0 bridgehead atoms. The number of benzene rings is 2. The number of carbonyl (C=O) groups excluding carboxylic acids is 1. The van der Waals surface area contributed by atoms with Crippen molar-refractivity contribution in [3.63, 3.8) is 0 Å². The van der Waals surface area contributed by atoms with Gasteiger partial charge >= 0.3 is 0 Å². The van der Waals surface area contributed by atoms with E-state index in [1.54, 1.807) is 13.0 Å². The molecule has 0 fully saturated rings. The van der Waals surface area contributed by atoms with Crippen LogP contribution < -0.4 is 0 Å². The highest BCUT2D eigenvalue weighted by Gasteiger charge is 2.21. The summed E-state index contributed by atoms with van der Waals surface area (Å²) in [5, 5.41) is 12.1. The van der Waals surface area contributed by atoms with Crippen LogP contribution >= 0.6 is 23.2 Å². The summed E-state index contributed by atoms with van der Waals surface area (Å²) in [6.45, 7) is 1.73. The first-order valence-electron chi connectivity index (χ1n) is 6.56. The van der Waals surface area contributed by atoms with Crippen LogP contribution in [0.2, 0.25) is 10.0 Å². The number of hydrogen-bond donors (Lipinski definition) is 0. The number of fused-ring (bicyclic) bond motifs is 1. The van der Waals surface area contributed by atoms with Crippen molar-refractivity contribution in [2.24, 2.45) is 0 Å². The van der Waals surface area contributed by atoms with Crippen molar-refractivity contribution >= 4 is 45.6 Å². The normalized spacial score (nSPS) is 10.9. The molecule has 0 aliphatic rings. The smallest absolute Gasteiger partial charge is 0.269 e. The van der Waals surface area contributed by atoms with E-state index in [9.17, 15) is 14.9 Å². The van der Waals surface area contributed by atoms with E-state index in [0.29, 0.717) is 32.1 Å². The number of halogens is 2. The van der Waals surface area contributed by atoms with Gasteiger partial charge in [0, 0.05) is 33.7 Å². The fraction of sp³-hybridized carbons (Fsp3) is 0.0625. The van der Waals surface area contributed by atoms with Crippen molar-refractivity contribution < 1.29 is 14.1 Å². The Morgan fingerprint density at radius 3 is 2.43 bits per heavy atom. The zero-order chi connectivity index (χ0) is 16.7. The molecule has 0 atom stereocenters. The van der Waals surface area contributed by atoms with Gasteiger partial charge in [0.25, 0.3) is 5.69 Å². The molecule has 3 rings (SSSR count). The molecule has 0 amide bonds. The van der Waals surface area contributed by atoms with Gasteiger partial charge in [0.1, 0.15) is 0 Å². The standard InChI is InChI=1S/C16H9Cl2NO4/c1-8-12-6-10(17)7-13(18)16(12)23-15(8)14(20)9-2-4-11(5-3-9)19(21)22/h2-7H,1H3. The van der Waals surface area contributed by atoms with Crippen LogP contribution in [0.25, 0.3) is 11.0 Å². The summed E-state index contributed by atoms with van der Waals surface area (Å²) in [6, 6.07) is 8.54. The van der Waals surface area contributed by atoms with Crippen molar-refractivity contribution in [1.82, 2.24) is 0 Å². The Balaban J connectivity index is 2.09. The van der Waals surface area contributed by atoms with Gasteiger partial charge in [0.2, 0.25) is 5.78 Å². The maximum absolute atomic E-state index is 12.6. The fourth-order valence-corrected chi connectivity index (χ4v) is 2.86. The summed E-state index contributed by atoms with van der Waals surface area (Å²) in [5.41, 5.74) is 1.21. The molecule has 1 aromatic heterocycles. The second-order valence-electron chi connectivity index (χ2n) is 4.95. The first-order valence-corrected chi connectivity index (χ1v) is 7.31. The number of furan rings is 1. The first kappa shape index (κ1) is 15.5. The van der Waals surface area contributed by atoms with Gasteiger partial charge in [0.05, 0.1) is 9.95 Å². The Kier molecular flexibility index (Phi) is 3.83. The molecule has 2 aromatic carbocycles. The molecule has 3 aromatic rings. The molecule has 116 valence electrons. The number of nitrogens with zero attached hydrogens (tertiary/aromatic N) is 1. The van der Waals surface area contributed by atoms with Crippen LogP contribution in [0.15, 0.2) is 40.8 Å². The molecular formula is C16H9Cl2NO4. The van der Waals surface area contributed by atoms with E-state index in [2.05, 4.69) is 0 Å². The highest BCUT2D eigenvalue weighted by Crippen LogP contribution is 2.34. The van der Waals surface area contributed by atoms with Crippen LogP contribution in [0, 0.1) is 17.0 Å². The maximum atomic E-state index is 12.6. The number of hydrogen-bond acceptors (Lipinski definition) is 4. The molecule has 0 spiro atoms. The molecule has 0 saturated heterocycles. The average molecular weight is 350 g/mol. The number of aryl methyl sites for hydroxylation is 1. The lowest BCUT2D eigenvalue weighted by atomic mass is 10.0. The lowest BCUT2D eigenvalue weighted by Crippen LogP contribution is -2.01. The third kappa shape index (κ3) is 2.69. The summed E-state index contributed by atoms with van der Waals surface area (Å²) in [6.07, 6.45) is 0. The minimum atomic E-state index is -0.525. The molecule has 0 aliphatic carbocycles. The predicted molar refractivity (Wildman–Crippen MR) is 87.5 cm³/mol. The zero-order valence-electron chi connectivity index (χ0n) is 11.8. The lowest BCUT2D eigenvalue weighted by Gasteiger charge is -1.99. The lowest BCUT2D eigenvalue weighted by molar-refractivity contribution is -0.384. The molecule has 0 aliphatic heterocycles. The van der Waals surface area contributed by atoms with Gasteiger partial charge in [-0.25, -0.2) is 0 Å². The highest BCUT2D eigenvalue weighted by molar-refractivity contribution is 6.38. The molecule has 7 heteroatoms. The number of non-ortho nitro benzene ring substituents is 1. The molecule has 1 heterocycles. The average Bonchev–Trinajstić information content (AvgIpc) is 2.84. The molecule has 0 unspecified atom stereocenters. The third-order valence-electron chi connectivity index (χ3n) is 3.50. The van der Waals surface area contributed by atoms with Crippen molar-refractivity contribution in [2.45, 2.75) is 6.92 Å². The summed E-state index contributed by atoms with van der Waals surface area (Å²) < 4.78 is 5.60. The van der Waals surface area contributed by atoms with Gasteiger partial charge in [-0.3, -0.25) is 14.9 Å². The van der Waals surface area contributed by atoms with Crippen LogP contribution in [0.3, 0.4) is 0 Å². The highest BCUT2D eigenvalue weighted by atomic mass is 35.5. The first-order chi connectivity index (χ1) is 10.9. The Morgan fingerprint density at radius 1 is 1.17 bits per heavy atom. The Morgan fingerprint density at radius 2 is 1.83 bits per heavy atom. The molecule has 0 radical (unpaired) electrons. The van der Waals surface area contributed by atoms with E-state index >= 15 is 0 Å². The quantitative estimate of drug-likeness (QED) is 0.370. The number of ketones is 1. The van der Waals surface area contributed by atoms with Crippen LogP contribution in [0.5, 0.6) is 0 Å². The van der Waals surface area contributed by atoms with E-state index in [1.807, 2.05) is 0 Å². The monoisotopic (exact) mass is 349 g/mol. The molecular weight excluding hydrogens is 341 g/mol. The van der Waals surface area contributed by atoms with Crippen LogP contribution in [0.4, 0.5) is 5.69 Å². The predicted octanol–water partition coefficient (Wildman–Crippen LogP) is 5.19. The Hall–Kier alpha value is -2.37. The summed E-state index contributed by atoms with van der Waals surface area (Å²) in [4.78, 5) is 22.7. The van der Waals surface area contributed by atoms with Crippen LogP contribution in [0.1, 0.15) is 21.7 Å². The number of nitro benzene ring substituents is 1. The van der Waals surface area contributed by atoms with E-state index in [0.717, 1.165) is 0 Å². The fourth-order valence-electron chi connectivity index (χ4n) is 2.33. The van der Waals surface area contributed by atoms with Crippen molar-refractivity contribution in [3.05, 3.63) is 73.4 Å². The number of carbonyl (C=O) groups is 1. The van der Waals surface area contributed by atoms with Gasteiger partial charge in [0.15, 0.2) is 11.3 Å². The second kappa shape index (κ2) is 5.68. The number of nitro groups is 1. The van der Waals surface area contributed by atoms with Gasteiger partial charge in [-0.1, -0.05) is 23.2 Å². The van der Waals surface area contributed by atoms with Gasteiger partial charge in [-0.2, -0.15) is 0 Å². The zero-order valence-corrected chi connectivity index (χ0v) is 13.3. The molecule has 0 N–H and O–H groups in total. The Labute approximate surface area is 140 Å². The van der Waals surface area contributed by atoms with E-state index < -0.39 is 4.92 Å². The molecule has 5 nitrogen and oxygen atoms in total. The third-order valence-corrected chi connectivity index (χ3v) is 4.00. The van der Waals surface area contributed by atoms with Crippen molar-refractivity contribution in [2.75, 3.05) is 0 Å². The molecule has 23 heavy (non-hydrogen) atoms. The maximum Gasteiger partial charge on any atom is 0.269 e. The minimum absolute atomic E-state index is 0.0855. The van der Waals surface area contributed by atoms with Crippen LogP contribution in [-0.4, -0.2) is 10.7 Å². The largest absolute Gasteiger partial charge is 0.451 e. The summed E-state index contributed by atoms with van der Waals surface area (Å²) in [5.74, 6) is -0.237. The SMILES string of the molecule is Cc1c(C(=O)c2ccc([N+](=O)[O-])cc2)oc2c(Cl)cc(Cl)cc12. The van der Waals surface area contributed by atoms with Gasteiger partial charge < -0.3 is 4.42 Å². The molecule has 0 saturated carbocycles. The van der Waals surface area contributed by atoms with Gasteiger partial charge in [-0.15, -0.1) is 0 Å². The summed E-state index contributed by atoms with van der Waals surface area (Å²) in [7, 11) is 0. The van der Waals surface area contributed by atoms with Crippen LogP contribution in [-0.2, 0) is 0 Å².